The molecule has 3 nitrogen and oxygen atoms in total. The quantitative estimate of drug-likeness (QED) is 0.896. The van der Waals surface area contributed by atoms with Crippen LogP contribution in [0.5, 0.6) is 0 Å². The molecule has 0 saturated carbocycles. The van der Waals surface area contributed by atoms with Crippen LogP contribution in [-0.4, -0.2) is 54.2 Å². The van der Waals surface area contributed by atoms with E-state index in [4.69, 9.17) is 5.11 Å². The molecule has 0 radical (unpaired) electrons. The highest BCUT2D eigenvalue weighted by Gasteiger charge is 2.14. The first-order valence-corrected chi connectivity index (χ1v) is 7.31. The van der Waals surface area contributed by atoms with Gasteiger partial charge in [0.2, 0.25) is 0 Å². The molecule has 1 saturated heterocycles. The number of β-amino-alcohol motifs (C(OH)–C–C–N with tert-alkyl or cyclic N) is 1. The second kappa shape index (κ2) is 7.04. The third-order valence-corrected chi connectivity index (χ3v) is 4.07. The summed E-state index contributed by atoms with van der Waals surface area (Å²) in [7, 11) is 0. The van der Waals surface area contributed by atoms with Crippen LogP contribution in [0, 0.1) is 13.8 Å². The first-order chi connectivity index (χ1) is 9.19. The Hall–Kier alpha value is -0.900. The first kappa shape index (κ1) is 14.5. The van der Waals surface area contributed by atoms with E-state index in [9.17, 15) is 0 Å². The molecule has 0 unspecified atom stereocenters. The van der Waals surface area contributed by atoms with E-state index < -0.39 is 0 Å². The highest BCUT2D eigenvalue weighted by Crippen LogP contribution is 2.13. The van der Waals surface area contributed by atoms with E-state index in [2.05, 4.69) is 41.8 Å². The fourth-order valence-electron chi connectivity index (χ4n) is 2.71. The summed E-state index contributed by atoms with van der Waals surface area (Å²) in [6, 6.07) is 6.78. The molecular weight excluding hydrogens is 236 g/mol. The van der Waals surface area contributed by atoms with Crippen LogP contribution >= 0.6 is 0 Å². The molecule has 0 bridgehead atoms. The van der Waals surface area contributed by atoms with Crippen molar-refractivity contribution in [3.63, 3.8) is 0 Å². The fourth-order valence-corrected chi connectivity index (χ4v) is 2.71. The number of hydrogen-bond acceptors (Lipinski definition) is 3. The van der Waals surface area contributed by atoms with Crippen molar-refractivity contribution < 1.29 is 5.11 Å². The van der Waals surface area contributed by atoms with Gasteiger partial charge in [-0.15, -0.1) is 0 Å². The molecule has 3 heteroatoms. The van der Waals surface area contributed by atoms with Crippen molar-refractivity contribution >= 4 is 0 Å². The van der Waals surface area contributed by atoms with Gasteiger partial charge in [0.1, 0.15) is 0 Å². The Morgan fingerprint density at radius 1 is 1.00 bits per heavy atom. The second-order valence-corrected chi connectivity index (χ2v) is 5.61. The highest BCUT2D eigenvalue weighted by atomic mass is 16.3. The molecule has 0 aromatic heterocycles. The molecule has 0 aliphatic carbocycles. The molecule has 1 aliphatic rings. The van der Waals surface area contributed by atoms with Crippen LogP contribution < -0.4 is 0 Å². The van der Waals surface area contributed by atoms with Gasteiger partial charge < -0.3 is 5.11 Å². The third kappa shape index (κ3) is 4.30. The average molecular weight is 262 g/mol. The zero-order chi connectivity index (χ0) is 13.7. The number of aryl methyl sites for hydroxylation is 2. The van der Waals surface area contributed by atoms with E-state index in [1.165, 1.54) is 23.1 Å². The van der Waals surface area contributed by atoms with Crippen molar-refractivity contribution in [2.45, 2.75) is 26.8 Å². The fraction of sp³-hybridized carbons (Fsp3) is 0.625. The van der Waals surface area contributed by atoms with Gasteiger partial charge in [-0.1, -0.05) is 18.2 Å². The van der Waals surface area contributed by atoms with E-state index in [0.717, 1.165) is 39.3 Å². The summed E-state index contributed by atoms with van der Waals surface area (Å²) in [6.07, 6.45) is 1.20. The van der Waals surface area contributed by atoms with E-state index in [-0.39, 0.29) is 6.61 Å². The van der Waals surface area contributed by atoms with Crippen molar-refractivity contribution in [3.05, 3.63) is 34.9 Å². The predicted octanol–water partition coefficient (Wildman–Crippen LogP) is 1.80. The maximum absolute atomic E-state index is 9.01. The first-order valence-electron chi connectivity index (χ1n) is 7.31. The standard InChI is InChI=1S/C16H26N2O/c1-14-4-5-16(12-15(14)2)13-18-7-3-6-17(8-9-18)10-11-19/h4-5,12,19H,3,6-11,13H2,1-2H3. The van der Waals surface area contributed by atoms with Crippen LogP contribution in [0.2, 0.25) is 0 Å². The van der Waals surface area contributed by atoms with Gasteiger partial charge >= 0.3 is 0 Å². The number of rotatable bonds is 4. The zero-order valence-electron chi connectivity index (χ0n) is 12.2. The molecule has 1 aromatic rings. The zero-order valence-corrected chi connectivity index (χ0v) is 12.2. The van der Waals surface area contributed by atoms with Crippen LogP contribution in [0.4, 0.5) is 0 Å². The second-order valence-electron chi connectivity index (χ2n) is 5.61. The molecule has 0 amide bonds. The molecule has 1 aromatic carbocycles. The Bertz CT molecular complexity index is 406. The predicted molar refractivity (Wildman–Crippen MR) is 79.3 cm³/mol. The van der Waals surface area contributed by atoms with Crippen LogP contribution in [-0.2, 0) is 6.54 Å². The lowest BCUT2D eigenvalue weighted by atomic mass is 10.1. The van der Waals surface area contributed by atoms with Crippen molar-refractivity contribution in [2.75, 3.05) is 39.3 Å². The highest BCUT2D eigenvalue weighted by molar-refractivity contribution is 5.29. The monoisotopic (exact) mass is 262 g/mol. The molecule has 106 valence electrons. The van der Waals surface area contributed by atoms with Crippen molar-refractivity contribution in [2.24, 2.45) is 0 Å². The summed E-state index contributed by atoms with van der Waals surface area (Å²) in [4.78, 5) is 4.89. The molecule has 2 rings (SSSR count). The maximum Gasteiger partial charge on any atom is 0.0558 e. The Morgan fingerprint density at radius 3 is 2.47 bits per heavy atom. The minimum atomic E-state index is 0.275. The molecule has 0 spiro atoms. The van der Waals surface area contributed by atoms with Gasteiger partial charge in [0.25, 0.3) is 0 Å². The topological polar surface area (TPSA) is 26.7 Å². The maximum atomic E-state index is 9.01. The van der Waals surface area contributed by atoms with Crippen molar-refractivity contribution in [1.29, 1.82) is 0 Å². The Morgan fingerprint density at radius 2 is 1.74 bits per heavy atom. The smallest absolute Gasteiger partial charge is 0.0558 e. The van der Waals surface area contributed by atoms with E-state index in [0.29, 0.717) is 0 Å². The molecule has 19 heavy (non-hydrogen) atoms. The number of hydrogen-bond donors (Lipinski definition) is 1. The molecule has 1 heterocycles. The summed E-state index contributed by atoms with van der Waals surface area (Å²) in [6.45, 7) is 10.9. The summed E-state index contributed by atoms with van der Waals surface area (Å²) in [5, 5.41) is 9.01. The SMILES string of the molecule is Cc1ccc(CN2CCCN(CCO)CC2)cc1C. The van der Waals surface area contributed by atoms with Crippen LogP contribution in [0.15, 0.2) is 18.2 Å². The van der Waals surface area contributed by atoms with Gasteiger partial charge in [-0.2, -0.15) is 0 Å². The molecule has 1 aliphatic heterocycles. The lowest BCUT2D eigenvalue weighted by Gasteiger charge is -2.21. The van der Waals surface area contributed by atoms with Crippen molar-refractivity contribution in [3.8, 4) is 0 Å². The minimum absolute atomic E-state index is 0.275. The molecule has 0 atom stereocenters. The Labute approximate surface area is 116 Å². The minimum Gasteiger partial charge on any atom is -0.395 e. The van der Waals surface area contributed by atoms with Gasteiger partial charge in [0, 0.05) is 26.2 Å². The van der Waals surface area contributed by atoms with Gasteiger partial charge in [0.15, 0.2) is 0 Å². The summed E-state index contributed by atoms with van der Waals surface area (Å²) < 4.78 is 0. The van der Waals surface area contributed by atoms with Gasteiger partial charge in [-0.25, -0.2) is 0 Å². The van der Waals surface area contributed by atoms with E-state index in [1.807, 2.05) is 0 Å². The van der Waals surface area contributed by atoms with Crippen molar-refractivity contribution in [1.82, 2.24) is 9.80 Å². The molecule has 1 N–H and O–H groups in total. The van der Waals surface area contributed by atoms with Crippen LogP contribution in [0.25, 0.3) is 0 Å². The van der Waals surface area contributed by atoms with Gasteiger partial charge in [0.05, 0.1) is 6.61 Å². The van der Waals surface area contributed by atoms with Crippen LogP contribution in [0.1, 0.15) is 23.1 Å². The third-order valence-electron chi connectivity index (χ3n) is 4.07. The number of aliphatic hydroxyl groups is 1. The lowest BCUT2D eigenvalue weighted by molar-refractivity contribution is 0.196. The molecular formula is C16H26N2O. The Kier molecular flexibility index (Phi) is 5.37. The normalized spacial score (nSPS) is 18.5. The summed E-state index contributed by atoms with van der Waals surface area (Å²) in [5.41, 5.74) is 4.17. The average Bonchev–Trinajstić information content (AvgIpc) is 2.60. The van der Waals surface area contributed by atoms with E-state index in [1.54, 1.807) is 0 Å². The van der Waals surface area contributed by atoms with Gasteiger partial charge in [-0.05, 0) is 50.0 Å². The lowest BCUT2D eigenvalue weighted by Crippen LogP contribution is -2.32. The number of benzene rings is 1. The van der Waals surface area contributed by atoms with Crippen LogP contribution in [0.3, 0.4) is 0 Å². The number of nitrogens with zero attached hydrogens (tertiary/aromatic N) is 2. The van der Waals surface area contributed by atoms with Gasteiger partial charge in [-0.3, -0.25) is 9.80 Å². The summed E-state index contributed by atoms with van der Waals surface area (Å²) in [5.74, 6) is 0. The number of aliphatic hydroxyl groups excluding tert-OH is 1. The summed E-state index contributed by atoms with van der Waals surface area (Å²) >= 11 is 0. The Balaban J connectivity index is 1.90. The molecule has 1 fully saturated rings. The van der Waals surface area contributed by atoms with E-state index >= 15 is 0 Å². The largest absolute Gasteiger partial charge is 0.395 e.